The van der Waals surface area contributed by atoms with Crippen LogP contribution in [0.5, 0.6) is 0 Å². The van der Waals surface area contributed by atoms with Crippen LogP contribution in [0.15, 0.2) is 0 Å². The lowest BCUT2D eigenvalue weighted by atomic mass is 9.84. The molecule has 1 saturated heterocycles. The number of aliphatic carboxylic acids is 1. The Kier molecular flexibility index (Phi) is 3.69. The van der Waals surface area contributed by atoms with Crippen LogP contribution in [0.3, 0.4) is 0 Å². The van der Waals surface area contributed by atoms with E-state index >= 15 is 0 Å². The molecule has 0 aromatic heterocycles. The molecule has 3 aliphatic rings. The Bertz CT molecular complexity index is 414. The number of carbonyl (C=O) groups excluding carboxylic acids is 1. The summed E-state index contributed by atoms with van der Waals surface area (Å²) in [5.74, 6) is -0.829. The van der Waals surface area contributed by atoms with Crippen LogP contribution in [0.25, 0.3) is 0 Å². The maximum absolute atomic E-state index is 12.2. The van der Waals surface area contributed by atoms with Gasteiger partial charge in [0.1, 0.15) is 6.10 Å². The molecule has 2 bridgehead atoms. The molecule has 1 heterocycles. The highest BCUT2D eigenvalue weighted by Crippen LogP contribution is 2.48. The van der Waals surface area contributed by atoms with Gasteiger partial charge >= 0.3 is 5.97 Å². The zero-order valence-corrected chi connectivity index (χ0v) is 11.5. The highest BCUT2D eigenvalue weighted by molar-refractivity contribution is 5.82. The van der Waals surface area contributed by atoms with E-state index in [1.54, 1.807) is 0 Å². The highest BCUT2D eigenvalue weighted by Gasteiger charge is 2.52. The average Bonchev–Trinajstić information content (AvgIpc) is 3.13. The second kappa shape index (κ2) is 5.33. The molecule has 2 saturated carbocycles. The van der Waals surface area contributed by atoms with E-state index in [2.05, 4.69) is 5.32 Å². The van der Waals surface area contributed by atoms with Crippen LogP contribution in [0.2, 0.25) is 0 Å². The molecule has 3 fully saturated rings. The number of hydrogen-bond acceptors (Lipinski definition) is 4. The maximum atomic E-state index is 12.2. The Morgan fingerprint density at radius 3 is 2.60 bits per heavy atom. The number of carbonyl (C=O) groups is 2. The standard InChI is InChI=1S/C14H22N2O4/c15-6-9-3-4-10(20-9)13(17)16-12-8-2-1-7(5-8)11(12)14(18)19/h7-12H,1-6,15H2,(H,16,17)(H,18,19). The van der Waals surface area contributed by atoms with Crippen LogP contribution in [0.4, 0.5) is 0 Å². The summed E-state index contributed by atoms with van der Waals surface area (Å²) in [6, 6.07) is -0.223. The Hall–Kier alpha value is -1.14. The molecule has 1 amide bonds. The van der Waals surface area contributed by atoms with Crippen LogP contribution >= 0.6 is 0 Å². The molecule has 0 radical (unpaired) electrons. The number of amides is 1. The van der Waals surface area contributed by atoms with Crippen molar-refractivity contribution < 1.29 is 19.4 Å². The van der Waals surface area contributed by atoms with Gasteiger partial charge in [-0.3, -0.25) is 9.59 Å². The quantitative estimate of drug-likeness (QED) is 0.679. The summed E-state index contributed by atoms with van der Waals surface area (Å²) >= 11 is 0. The summed E-state index contributed by atoms with van der Waals surface area (Å²) in [6.45, 7) is 0.426. The minimum Gasteiger partial charge on any atom is -0.481 e. The average molecular weight is 282 g/mol. The predicted octanol–water partition coefficient (Wildman–Crippen LogP) is 0.108. The number of carboxylic acids is 1. The van der Waals surface area contributed by atoms with Gasteiger partial charge in [-0.15, -0.1) is 0 Å². The molecule has 6 unspecified atom stereocenters. The van der Waals surface area contributed by atoms with E-state index in [-0.39, 0.29) is 24.0 Å². The summed E-state index contributed by atoms with van der Waals surface area (Å²) in [7, 11) is 0. The van der Waals surface area contributed by atoms with Crippen molar-refractivity contribution in [2.45, 2.75) is 50.4 Å². The first-order chi connectivity index (χ1) is 9.60. The number of hydrogen-bond donors (Lipinski definition) is 3. The Labute approximate surface area is 118 Å². The largest absolute Gasteiger partial charge is 0.481 e. The van der Waals surface area contributed by atoms with Gasteiger partial charge in [0.15, 0.2) is 0 Å². The normalized spacial score (nSPS) is 42.9. The molecule has 0 aromatic carbocycles. The number of fused-ring (bicyclic) bond motifs is 2. The number of nitrogens with one attached hydrogen (secondary N) is 1. The van der Waals surface area contributed by atoms with Crippen molar-refractivity contribution in [2.24, 2.45) is 23.5 Å². The highest BCUT2D eigenvalue weighted by atomic mass is 16.5. The molecular formula is C14H22N2O4. The van der Waals surface area contributed by atoms with Gasteiger partial charge in [0, 0.05) is 12.6 Å². The smallest absolute Gasteiger partial charge is 0.308 e. The van der Waals surface area contributed by atoms with Crippen molar-refractivity contribution in [3.05, 3.63) is 0 Å². The topological polar surface area (TPSA) is 102 Å². The van der Waals surface area contributed by atoms with Gasteiger partial charge in [-0.25, -0.2) is 0 Å². The molecule has 112 valence electrons. The second-order valence-electron chi connectivity index (χ2n) is 6.29. The molecule has 6 heteroatoms. The van der Waals surface area contributed by atoms with Gasteiger partial charge in [0.25, 0.3) is 0 Å². The third-order valence-electron chi connectivity index (χ3n) is 5.17. The van der Waals surface area contributed by atoms with Gasteiger partial charge in [0.05, 0.1) is 12.0 Å². The van der Waals surface area contributed by atoms with Crippen LogP contribution in [0, 0.1) is 17.8 Å². The molecule has 0 aromatic rings. The SMILES string of the molecule is NCC1CCC(C(=O)NC2C3CCC(C3)C2C(=O)O)O1. The number of ether oxygens (including phenoxy) is 1. The number of rotatable bonds is 4. The first-order valence-corrected chi connectivity index (χ1v) is 7.49. The monoisotopic (exact) mass is 282 g/mol. The molecule has 4 N–H and O–H groups in total. The van der Waals surface area contributed by atoms with E-state index in [4.69, 9.17) is 10.5 Å². The summed E-state index contributed by atoms with van der Waals surface area (Å²) in [6.07, 6.45) is 3.90. The van der Waals surface area contributed by atoms with Crippen molar-refractivity contribution in [1.29, 1.82) is 0 Å². The first-order valence-electron chi connectivity index (χ1n) is 7.49. The number of carboxylic acid groups (broad SMARTS) is 1. The van der Waals surface area contributed by atoms with Gasteiger partial charge in [-0.05, 0) is 43.9 Å². The molecule has 0 spiro atoms. The van der Waals surface area contributed by atoms with Gasteiger partial charge in [-0.2, -0.15) is 0 Å². The maximum Gasteiger partial charge on any atom is 0.308 e. The summed E-state index contributed by atoms with van der Waals surface area (Å²) in [4.78, 5) is 23.6. The van der Waals surface area contributed by atoms with Crippen molar-refractivity contribution >= 4 is 11.9 Å². The Balaban J connectivity index is 1.62. The lowest BCUT2D eigenvalue weighted by Crippen LogP contribution is -2.49. The van der Waals surface area contributed by atoms with Crippen molar-refractivity contribution in [1.82, 2.24) is 5.32 Å². The molecular weight excluding hydrogens is 260 g/mol. The lowest BCUT2D eigenvalue weighted by Gasteiger charge is -2.29. The van der Waals surface area contributed by atoms with E-state index < -0.39 is 18.0 Å². The second-order valence-corrected chi connectivity index (χ2v) is 6.29. The zero-order chi connectivity index (χ0) is 14.3. The van der Waals surface area contributed by atoms with Crippen molar-refractivity contribution in [3.63, 3.8) is 0 Å². The fourth-order valence-corrected chi connectivity index (χ4v) is 4.18. The molecule has 20 heavy (non-hydrogen) atoms. The van der Waals surface area contributed by atoms with E-state index in [1.807, 2.05) is 0 Å². The summed E-state index contributed by atoms with van der Waals surface area (Å²) < 4.78 is 5.57. The van der Waals surface area contributed by atoms with E-state index in [0.29, 0.717) is 18.9 Å². The van der Waals surface area contributed by atoms with Crippen LogP contribution in [-0.4, -0.2) is 41.8 Å². The Morgan fingerprint density at radius 1 is 1.20 bits per heavy atom. The van der Waals surface area contributed by atoms with E-state index in [9.17, 15) is 14.7 Å². The van der Waals surface area contributed by atoms with Crippen LogP contribution in [0.1, 0.15) is 32.1 Å². The summed E-state index contributed by atoms with van der Waals surface area (Å²) in [5, 5.41) is 12.3. The lowest BCUT2D eigenvalue weighted by molar-refractivity contribution is -0.145. The fraction of sp³-hybridized carbons (Fsp3) is 0.857. The molecule has 3 rings (SSSR count). The molecule has 6 atom stereocenters. The zero-order valence-electron chi connectivity index (χ0n) is 11.5. The Morgan fingerprint density at radius 2 is 1.95 bits per heavy atom. The molecule has 6 nitrogen and oxygen atoms in total. The fourth-order valence-electron chi connectivity index (χ4n) is 4.18. The minimum absolute atomic E-state index is 0.0407. The minimum atomic E-state index is -0.783. The molecule has 2 aliphatic carbocycles. The van der Waals surface area contributed by atoms with Gasteiger partial charge in [-0.1, -0.05) is 0 Å². The summed E-state index contributed by atoms with van der Waals surface area (Å²) in [5.41, 5.74) is 5.54. The van der Waals surface area contributed by atoms with E-state index in [0.717, 1.165) is 25.7 Å². The third-order valence-corrected chi connectivity index (χ3v) is 5.17. The van der Waals surface area contributed by atoms with Gasteiger partial charge < -0.3 is 20.9 Å². The van der Waals surface area contributed by atoms with Gasteiger partial charge in [0.2, 0.25) is 5.91 Å². The molecule has 1 aliphatic heterocycles. The first kappa shape index (κ1) is 13.8. The van der Waals surface area contributed by atoms with Crippen LogP contribution in [-0.2, 0) is 14.3 Å². The predicted molar refractivity (Wildman–Crippen MR) is 70.8 cm³/mol. The van der Waals surface area contributed by atoms with E-state index in [1.165, 1.54) is 0 Å². The van der Waals surface area contributed by atoms with Crippen LogP contribution < -0.4 is 11.1 Å². The number of nitrogens with two attached hydrogens (primary N) is 1. The third kappa shape index (κ3) is 2.31. The van der Waals surface area contributed by atoms with Crippen molar-refractivity contribution in [3.8, 4) is 0 Å². The van der Waals surface area contributed by atoms with Crippen molar-refractivity contribution in [2.75, 3.05) is 6.54 Å².